The van der Waals surface area contributed by atoms with Crippen molar-refractivity contribution in [2.24, 2.45) is 0 Å². The lowest BCUT2D eigenvalue weighted by Crippen LogP contribution is -2.39. The van der Waals surface area contributed by atoms with E-state index in [1.807, 2.05) is 26.8 Å². The minimum absolute atomic E-state index is 0. The van der Waals surface area contributed by atoms with Crippen LogP contribution >= 0.6 is 12.4 Å². The van der Waals surface area contributed by atoms with Gasteiger partial charge in [-0.1, -0.05) is 38.1 Å². The molecule has 25 heavy (non-hydrogen) atoms. The molecule has 2 heterocycles. The summed E-state index contributed by atoms with van der Waals surface area (Å²) in [7, 11) is 0. The standard InChI is InChI=1S/C19H24N4O.ClH/c1-12(2)18-16(10-21-13(3)23-18)19(24)22-11-17-15-7-5-4-6-14(15)8-9-20-17;/h4-7,10,12,17,20H,8-9,11H2,1-3H3,(H,22,24);1H. The molecular formula is C19H25ClN4O. The fourth-order valence-corrected chi connectivity index (χ4v) is 3.17. The van der Waals surface area contributed by atoms with Crippen LogP contribution in [0.1, 0.15) is 58.8 Å². The molecule has 0 bridgehead atoms. The topological polar surface area (TPSA) is 66.9 Å². The molecular weight excluding hydrogens is 336 g/mol. The fourth-order valence-electron chi connectivity index (χ4n) is 3.17. The number of hydrogen-bond donors (Lipinski definition) is 2. The largest absolute Gasteiger partial charge is 0.350 e. The zero-order valence-electron chi connectivity index (χ0n) is 14.9. The zero-order valence-corrected chi connectivity index (χ0v) is 15.7. The van der Waals surface area contributed by atoms with Crippen molar-refractivity contribution in [2.75, 3.05) is 13.1 Å². The van der Waals surface area contributed by atoms with Gasteiger partial charge in [0.1, 0.15) is 5.82 Å². The van der Waals surface area contributed by atoms with Gasteiger partial charge < -0.3 is 10.6 Å². The van der Waals surface area contributed by atoms with Crippen molar-refractivity contribution in [1.82, 2.24) is 20.6 Å². The van der Waals surface area contributed by atoms with Crippen molar-refractivity contribution in [1.29, 1.82) is 0 Å². The third kappa shape index (κ3) is 4.35. The molecule has 5 nitrogen and oxygen atoms in total. The number of nitrogens with one attached hydrogen (secondary N) is 2. The second kappa shape index (κ2) is 8.41. The van der Waals surface area contributed by atoms with Crippen LogP contribution in [0.2, 0.25) is 0 Å². The molecule has 2 N–H and O–H groups in total. The summed E-state index contributed by atoms with van der Waals surface area (Å²) >= 11 is 0. The highest BCUT2D eigenvalue weighted by Gasteiger charge is 2.21. The van der Waals surface area contributed by atoms with Gasteiger partial charge in [-0.2, -0.15) is 0 Å². The fraction of sp³-hybridized carbons (Fsp3) is 0.421. The highest BCUT2D eigenvalue weighted by molar-refractivity contribution is 5.95. The van der Waals surface area contributed by atoms with Gasteiger partial charge in [0, 0.05) is 18.8 Å². The number of aryl methyl sites for hydroxylation is 1. The van der Waals surface area contributed by atoms with Crippen LogP contribution in [0.5, 0.6) is 0 Å². The molecule has 0 saturated heterocycles. The number of halogens is 1. The average Bonchev–Trinajstić information content (AvgIpc) is 2.59. The van der Waals surface area contributed by atoms with Gasteiger partial charge in [0.05, 0.1) is 11.3 Å². The Morgan fingerprint density at radius 3 is 2.88 bits per heavy atom. The van der Waals surface area contributed by atoms with Gasteiger partial charge in [0.25, 0.3) is 5.91 Å². The second-order valence-electron chi connectivity index (χ2n) is 6.54. The molecule has 1 aromatic carbocycles. The molecule has 1 aliphatic rings. The molecule has 0 fully saturated rings. The normalized spacial score (nSPS) is 16.1. The summed E-state index contributed by atoms with van der Waals surface area (Å²) in [5.74, 6) is 0.766. The smallest absolute Gasteiger partial charge is 0.254 e. The Morgan fingerprint density at radius 1 is 1.36 bits per heavy atom. The summed E-state index contributed by atoms with van der Waals surface area (Å²) in [5, 5.41) is 6.53. The molecule has 1 atom stereocenters. The molecule has 0 radical (unpaired) electrons. The summed E-state index contributed by atoms with van der Waals surface area (Å²) in [6.45, 7) is 7.41. The van der Waals surface area contributed by atoms with Crippen molar-refractivity contribution in [3.05, 3.63) is 58.7 Å². The van der Waals surface area contributed by atoms with E-state index in [0.29, 0.717) is 17.9 Å². The van der Waals surface area contributed by atoms with Crippen LogP contribution in [0.4, 0.5) is 0 Å². The van der Waals surface area contributed by atoms with E-state index < -0.39 is 0 Å². The molecule has 3 rings (SSSR count). The summed E-state index contributed by atoms with van der Waals surface area (Å²) < 4.78 is 0. The van der Waals surface area contributed by atoms with Crippen molar-refractivity contribution < 1.29 is 4.79 Å². The van der Waals surface area contributed by atoms with E-state index in [-0.39, 0.29) is 30.3 Å². The van der Waals surface area contributed by atoms with Crippen LogP contribution in [-0.2, 0) is 6.42 Å². The molecule has 134 valence electrons. The predicted octanol–water partition coefficient (Wildman–Crippen LogP) is 2.95. The predicted molar refractivity (Wildman–Crippen MR) is 101 cm³/mol. The van der Waals surface area contributed by atoms with Gasteiger partial charge >= 0.3 is 0 Å². The number of amides is 1. The zero-order chi connectivity index (χ0) is 17.1. The van der Waals surface area contributed by atoms with Crippen LogP contribution < -0.4 is 10.6 Å². The van der Waals surface area contributed by atoms with Crippen LogP contribution in [-0.4, -0.2) is 29.0 Å². The van der Waals surface area contributed by atoms with Gasteiger partial charge in [-0.3, -0.25) is 4.79 Å². The SMILES string of the molecule is Cc1ncc(C(=O)NCC2NCCc3ccccc32)c(C(C)C)n1.Cl. The molecule has 2 aromatic rings. The third-order valence-corrected chi connectivity index (χ3v) is 4.41. The number of aromatic nitrogens is 2. The third-order valence-electron chi connectivity index (χ3n) is 4.41. The van der Waals surface area contributed by atoms with Crippen LogP contribution in [0.15, 0.2) is 30.5 Å². The minimum Gasteiger partial charge on any atom is -0.350 e. The first-order chi connectivity index (χ1) is 11.6. The lowest BCUT2D eigenvalue weighted by Gasteiger charge is -2.27. The highest BCUT2D eigenvalue weighted by Crippen LogP contribution is 2.22. The van der Waals surface area contributed by atoms with Gasteiger partial charge in [-0.05, 0) is 36.9 Å². The highest BCUT2D eigenvalue weighted by atomic mass is 35.5. The van der Waals surface area contributed by atoms with Gasteiger partial charge in [-0.25, -0.2) is 9.97 Å². The Labute approximate surface area is 155 Å². The molecule has 0 spiro atoms. The van der Waals surface area contributed by atoms with E-state index in [2.05, 4.69) is 38.8 Å². The van der Waals surface area contributed by atoms with Crippen molar-refractivity contribution in [3.8, 4) is 0 Å². The summed E-state index contributed by atoms with van der Waals surface area (Å²) in [6, 6.07) is 8.56. The van der Waals surface area contributed by atoms with Gasteiger partial charge in [0.2, 0.25) is 0 Å². The Hall–Kier alpha value is -1.98. The second-order valence-corrected chi connectivity index (χ2v) is 6.54. The molecule has 0 aliphatic carbocycles. The first kappa shape index (κ1) is 19.3. The molecule has 1 aliphatic heterocycles. The van der Waals surface area contributed by atoms with Gasteiger partial charge in [0.15, 0.2) is 0 Å². The van der Waals surface area contributed by atoms with Crippen LogP contribution in [0, 0.1) is 6.92 Å². The van der Waals surface area contributed by atoms with Crippen molar-refractivity contribution in [3.63, 3.8) is 0 Å². The minimum atomic E-state index is -0.108. The quantitative estimate of drug-likeness (QED) is 0.879. The maximum absolute atomic E-state index is 12.6. The molecule has 1 unspecified atom stereocenters. The van der Waals surface area contributed by atoms with E-state index in [4.69, 9.17) is 0 Å². The Morgan fingerprint density at radius 2 is 2.12 bits per heavy atom. The number of benzene rings is 1. The first-order valence-corrected chi connectivity index (χ1v) is 8.49. The van der Waals surface area contributed by atoms with E-state index in [1.54, 1.807) is 6.20 Å². The number of fused-ring (bicyclic) bond motifs is 1. The average molecular weight is 361 g/mol. The van der Waals surface area contributed by atoms with Crippen LogP contribution in [0.3, 0.4) is 0 Å². The summed E-state index contributed by atoms with van der Waals surface area (Å²) in [5.41, 5.74) is 4.00. The number of rotatable bonds is 4. The Balaban J connectivity index is 0.00000225. The van der Waals surface area contributed by atoms with E-state index in [0.717, 1.165) is 18.7 Å². The van der Waals surface area contributed by atoms with Crippen molar-refractivity contribution in [2.45, 2.75) is 39.2 Å². The van der Waals surface area contributed by atoms with E-state index in [1.165, 1.54) is 11.1 Å². The summed E-state index contributed by atoms with van der Waals surface area (Å²) in [6.07, 6.45) is 2.67. The van der Waals surface area contributed by atoms with Crippen LogP contribution in [0.25, 0.3) is 0 Å². The molecule has 1 amide bonds. The number of carbonyl (C=O) groups is 1. The first-order valence-electron chi connectivity index (χ1n) is 8.49. The number of nitrogens with zero attached hydrogens (tertiary/aromatic N) is 2. The maximum Gasteiger partial charge on any atom is 0.254 e. The molecule has 1 aromatic heterocycles. The summed E-state index contributed by atoms with van der Waals surface area (Å²) in [4.78, 5) is 21.2. The lowest BCUT2D eigenvalue weighted by molar-refractivity contribution is 0.0947. The number of hydrogen-bond acceptors (Lipinski definition) is 4. The maximum atomic E-state index is 12.6. The molecule has 6 heteroatoms. The van der Waals surface area contributed by atoms with E-state index in [9.17, 15) is 4.79 Å². The molecule has 0 saturated carbocycles. The lowest BCUT2D eigenvalue weighted by atomic mass is 9.94. The number of carbonyl (C=O) groups excluding carboxylic acids is 1. The van der Waals surface area contributed by atoms with E-state index >= 15 is 0 Å². The van der Waals surface area contributed by atoms with Crippen molar-refractivity contribution >= 4 is 18.3 Å². The van der Waals surface area contributed by atoms with Gasteiger partial charge in [-0.15, -0.1) is 12.4 Å². The monoisotopic (exact) mass is 360 g/mol. The Bertz CT molecular complexity index is 748. The Kier molecular flexibility index (Phi) is 6.51.